The summed E-state index contributed by atoms with van der Waals surface area (Å²) >= 11 is 0. The van der Waals surface area contributed by atoms with Gasteiger partial charge in [0, 0.05) is 37.8 Å². The van der Waals surface area contributed by atoms with Crippen LogP contribution in [0, 0.1) is 6.92 Å². The van der Waals surface area contributed by atoms with Gasteiger partial charge in [0.2, 0.25) is 5.91 Å². The van der Waals surface area contributed by atoms with E-state index in [1.807, 2.05) is 42.2 Å². The quantitative estimate of drug-likeness (QED) is 0.795. The molecule has 2 aromatic rings. The summed E-state index contributed by atoms with van der Waals surface area (Å²) < 4.78 is 5.60. The molecule has 2 saturated heterocycles. The number of aromatic nitrogens is 2. The van der Waals surface area contributed by atoms with Crippen LogP contribution in [0.2, 0.25) is 0 Å². The fourth-order valence-electron chi connectivity index (χ4n) is 3.99. The average molecular weight is 394 g/mol. The molecule has 0 saturated carbocycles. The van der Waals surface area contributed by atoms with E-state index in [1.165, 1.54) is 0 Å². The Balaban J connectivity index is 1.59. The minimum absolute atomic E-state index is 0.0965. The van der Waals surface area contributed by atoms with E-state index in [1.54, 1.807) is 11.1 Å². The van der Waals surface area contributed by atoms with E-state index in [0.29, 0.717) is 43.3 Å². The van der Waals surface area contributed by atoms with E-state index >= 15 is 0 Å². The fraction of sp³-hybridized carbons (Fsp3) is 0.455. The molecule has 7 heteroatoms. The lowest BCUT2D eigenvalue weighted by atomic mass is 10.0. The maximum absolute atomic E-state index is 13.5. The van der Waals surface area contributed by atoms with Crippen LogP contribution in [-0.4, -0.2) is 70.5 Å². The van der Waals surface area contributed by atoms with Gasteiger partial charge in [-0.2, -0.15) is 0 Å². The van der Waals surface area contributed by atoms with Gasteiger partial charge in [0.1, 0.15) is 5.82 Å². The van der Waals surface area contributed by atoms with E-state index in [4.69, 9.17) is 4.74 Å². The van der Waals surface area contributed by atoms with E-state index in [0.717, 1.165) is 31.5 Å². The highest BCUT2D eigenvalue weighted by atomic mass is 16.5. The minimum atomic E-state index is -0.269. The van der Waals surface area contributed by atoms with Gasteiger partial charge in [0.25, 0.3) is 5.91 Å². The number of ether oxygens (including phenoxy) is 1. The summed E-state index contributed by atoms with van der Waals surface area (Å²) in [5, 5.41) is 0. The van der Waals surface area contributed by atoms with Gasteiger partial charge >= 0.3 is 0 Å². The van der Waals surface area contributed by atoms with Gasteiger partial charge in [-0.05, 0) is 19.8 Å². The molecule has 29 heavy (non-hydrogen) atoms. The minimum Gasteiger partial charge on any atom is -0.377 e. The summed E-state index contributed by atoms with van der Waals surface area (Å²) in [7, 11) is 0. The normalized spacial score (nSPS) is 19.4. The zero-order valence-corrected chi connectivity index (χ0v) is 16.7. The van der Waals surface area contributed by atoms with Gasteiger partial charge in [-0.15, -0.1) is 0 Å². The van der Waals surface area contributed by atoms with Crippen molar-refractivity contribution >= 4 is 11.8 Å². The van der Waals surface area contributed by atoms with Crippen molar-refractivity contribution in [2.75, 3.05) is 32.8 Å². The zero-order chi connectivity index (χ0) is 20.2. The molecule has 0 aliphatic carbocycles. The molecule has 2 aliphatic heterocycles. The lowest BCUT2D eigenvalue weighted by Crippen LogP contribution is -2.50. The molecule has 2 amide bonds. The first-order chi connectivity index (χ1) is 14.1. The SMILES string of the molecule is Cc1ncc(C(=O)N2CCOC[C@@H]2CC(=O)N2CCCC2)c(-c2ccccc2)n1. The number of carbonyl (C=O) groups excluding carboxylic acids is 2. The van der Waals surface area contributed by atoms with Crippen molar-refractivity contribution in [1.29, 1.82) is 0 Å². The van der Waals surface area contributed by atoms with Crippen LogP contribution in [0.15, 0.2) is 36.5 Å². The predicted molar refractivity (Wildman–Crippen MR) is 108 cm³/mol. The Bertz CT molecular complexity index is 881. The van der Waals surface area contributed by atoms with Gasteiger partial charge in [-0.1, -0.05) is 30.3 Å². The van der Waals surface area contributed by atoms with E-state index in [-0.39, 0.29) is 17.9 Å². The molecule has 2 fully saturated rings. The molecule has 4 rings (SSSR count). The van der Waals surface area contributed by atoms with Crippen molar-refractivity contribution in [3.8, 4) is 11.3 Å². The highest BCUT2D eigenvalue weighted by Gasteiger charge is 2.33. The molecule has 1 aromatic heterocycles. The van der Waals surface area contributed by atoms with Crippen LogP contribution in [0.25, 0.3) is 11.3 Å². The number of rotatable bonds is 4. The second-order valence-corrected chi connectivity index (χ2v) is 7.56. The number of morpholine rings is 1. The first kappa shape index (κ1) is 19.5. The predicted octanol–water partition coefficient (Wildman–Crippen LogP) is 2.31. The third-order valence-electron chi connectivity index (χ3n) is 5.54. The number of hydrogen-bond acceptors (Lipinski definition) is 5. The monoisotopic (exact) mass is 394 g/mol. The van der Waals surface area contributed by atoms with E-state index < -0.39 is 0 Å². The second-order valence-electron chi connectivity index (χ2n) is 7.56. The van der Waals surface area contributed by atoms with Crippen molar-refractivity contribution in [3.63, 3.8) is 0 Å². The van der Waals surface area contributed by atoms with Gasteiger partial charge in [-0.25, -0.2) is 9.97 Å². The number of likely N-dealkylation sites (tertiary alicyclic amines) is 1. The molecule has 152 valence electrons. The Morgan fingerprint density at radius 3 is 2.66 bits per heavy atom. The highest BCUT2D eigenvalue weighted by Crippen LogP contribution is 2.25. The van der Waals surface area contributed by atoms with Gasteiger partial charge < -0.3 is 14.5 Å². The van der Waals surface area contributed by atoms with Gasteiger partial charge in [0.05, 0.1) is 30.5 Å². The maximum atomic E-state index is 13.5. The number of hydrogen-bond donors (Lipinski definition) is 0. The lowest BCUT2D eigenvalue weighted by molar-refractivity contribution is -0.132. The van der Waals surface area contributed by atoms with Crippen LogP contribution in [-0.2, 0) is 9.53 Å². The van der Waals surface area contributed by atoms with Crippen molar-refractivity contribution in [2.24, 2.45) is 0 Å². The van der Waals surface area contributed by atoms with Gasteiger partial charge in [-0.3, -0.25) is 9.59 Å². The topological polar surface area (TPSA) is 75.6 Å². The van der Waals surface area contributed by atoms with Crippen LogP contribution in [0.5, 0.6) is 0 Å². The summed E-state index contributed by atoms with van der Waals surface area (Å²) in [6.07, 6.45) is 3.99. The van der Waals surface area contributed by atoms with Crippen LogP contribution >= 0.6 is 0 Å². The van der Waals surface area contributed by atoms with Crippen molar-refractivity contribution in [3.05, 3.63) is 47.9 Å². The van der Waals surface area contributed by atoms with E-state index in [9.17, 15) is 9.59 Å². The lowest BCUT2D eigenvalue weighted by Gasteiger charge is -2.36. The highest BCUT2D eigenvalue weighted by molar-refractivity contribution is 6.00. The first-order valence-corrected chi connectivity index (χ1v) is 10.2. The Labute approximate surface area is 170 Å². The molecule has 0 spiro atoms. The van der Waals surface area contributed by atoms with Crippen LogP contribution in [0.1, 0.15) is 35.4 Å². The molecular weight excluding hydrogens is 368 g/mol. The smallest absolute Gasteiger partial charge is 0.258 e. The number of nitrogens with zero attached hydrogens (tertiary/aromatic N) is 4. The number of benzene rings is 1. The molecule has 0 unspecified atom stereocenters. The van der Waals surface area contributed by atoms with E-state index in [2.05, 4.69) is 9.97 Å². The molecule has 1 aromatic carbocycles. The average Bonchev–Trinajstić information content (AvgIpc) is 3.29. The Hall–Kier alpha value is -2.80. The maximum Gasteiger partial charge on any atom is 0.258 e. The Kier molecular flexibility index (Phi) is 5.85. The molecule has 3 heterocycles. The molecule has 0 bridgehead atoms. The third-order valence-corrected chi connectivity index (χ3v) is 5.54. The summed E-state index contributed by atoms with van der Waals surface area (Å²) in [6, 6.07) is 9.38. The Morgan fingerprint density at radius 1 is 1.14 bits per heavy atom. The molecule has 0 radical (unpaired) electrons. The van der Waals surface area contributed by atoms with Crippen LogP contribution < -0.4 is 0 Å². The number of amides is 2. The summed E-state index contributed by atoms with van der Waals surface area (Å²) in [6.45, 7) is 4.73. The summed E-state index contributed by atoms with van der Waals surface area (Å²) in [5.74, 6) is 0.564. The largest absolute Gasteiger partial charge is 0.377 e. The molecule has 2 aliphatic rings. The standard InChI is InChI=1S/C22H26N4O3/c1-16-23-14-19(21(24-16)17-7-3-2-4-8-17)22(28)26-11-12-29-15-18(26)13-20(27)25-9-5-6-10-25/h2-4,7-8,14,18H,5-6,9-13,15H2,1H3/t18-/m0/s1. The molecule has 7 nitrogen and oxygen atoms in total. The molecular formula is C22H26N4O3. The summed E-state index contributed by atoms with van der Waals surface area (Å²) in [5.41, 5.74) is 1.96. The summed E-state index contributed by atoms with van der Waals surface area (Å²) in [4.78, 5) is 38.6. The Morgan fingerprint density at radius 2 is 1.90 bits per heavy atom. The van der Waals surface area contributed by atoms with Crippen molar-refractivity contribution < 1.29 is 14.3 Å². The fourth-order valence-corrected chi connectivity index (χ4v) is 3.99. The first-order valence-electron chi connectivity index (χ1n) is 10.2. The second kappa shape index (κ2) is 8.69. The third kappa shape index (κ3) is 4.29. The number of carbonyl (C=O) groups is 2. The van der Waals surface area contributed by atoms with Crippen molar-refractivity contribution in [1.82, 2.24) is 19.8 Å². The van der Waals surface area contributed by atoms with Crippen LogP contribution in [0.3, 0.4) is 0 Å². The molecule has 1 atom stereocenters. The molecule has 0 N–H and O–H groups in total. The van der Waals surface area contributed by atoms with Gasteiger partial charge in [0.15, 0.2) is 0 Å². The zero-order valence-electron chi connectivity index (χ0n) is 16.7. The van der Waals surface area contributed by atoms with Crippen molar-refractivity contribution in [2.45, 2.75) is 32.2 Å². The van der Waals surface area contributed by atoms with Crippen LogP contribution in [0.4, 0.5) is 0 Å². The number of aryl methyl sites for hydroxylation is 1.